The first-order valence-corrected chi connectivity index (χ1v) is 6.50. The average molecular weight is 271 g/mol. The van der Waals surface area contributed by atoms with Crippen LogP contribution in [0.4, 0.5) is 0 Å². The Bertz CT molecular complexity index is 445. The fraction of sp³-hybridized carbons (Fsp3) is 0.545. The second-order valence-electron chi connectivity index (χ2n) is 3.94. The van der Waals surface area contributed by atoms with Crippen LogP contribution in [0.3, 0.4) is 0 Å². The van der Waals surface area contributed by atoms with E-state index in [9.17, 15) is 9.59 Å². The number of rotatable bonds is 6. The summed E-state index contributed by atoms with van der Waals surface area (Å²) in [4.78, 5) is 26.7. The SMILES string of the molecule is CCC[C@@H](N)C(=O)NCc1nc(C)c(C(=O)O)s1. The van der Waals surface area contributed by atoms with Crippen LogP contribution in [0.25, 0.3) is 0 Å². The first kappa shape index (κ1) is 14.6. The second-order valence-corrected chi connectivity index (χ2v) is 5.02. The van der Waals surface area contributed by atoms with Gasteiger partial charge in [0.2, 0.25) is 5.91 Å². The zero-order chi connectivity index (χ0) is 13.7. The summed E-state index contributed by atoms with van der Waals surface area (Å²) in [5.74, 6) is -1.23. The summed E-state index contributed by atoms with van der Waals surface area (Å²) < 4.78 is 0. The Morgan fingerprint density at radius 3 is 2.72 bits per heavy atom. The highest BCUT2D eigenvalue weighted by molar-refractivity contribution is 7.13. The lowest BCUT2D eigenvalue weighted by Crippen LogP contribution is -2.40. The molecule has 0 aliphatic rings. The van der Waals surface area contributed by atoms with Gasteiger partial charge in [-0.2, -0.15) is 0 Å². The van der Waals surface area contributed by atoms with Crippen molar-refractivity contribution in [2.75, 3.05) is 0 Å². The predicted molar refractivity (Wildman–Crippen MR) is 68.5 cm³/mol. The molecule has 1 aromatic rings. The highest BCUT2D eigenvalue weighted by Crippen LogP contribution is 2.17. The number of carboxylic acids is 1. The van der Waals surface area contributed by atoms with Gasteiger partial charge in [-0.1, -0.05) is 13.3 Å². The topological polar surface area (TPSA) is 105 Å². The third-order valence-corrected chi connectivity index (χ3v) is 3.53. The molecule has 1 amide bonds. The number of nitrogens with one attached hydrogen (secondary N) is 1. The number of nitrogens with zero attached hydrogens (tertiary/aromatic N) is 1. The van der Waals surface area contributed by atoms with Crippen LogP contribution in [-0.2, 0) is 11.3 Å². The van der Waals surface area contributed by atoms with Gasteiger partial charge in [-0.15, -0.1) is 11.3 Å². The minimum Gasteiger partial charge on any atom is -0.477 e. The molecule has 0 radical (unpaired) electrons. The molecule has 0 bridgehead atoms. The number of carboxylic acid groups (broad SMARTS) is 1. The minimum absolute atomic E-state index is 0.206. The molecule has 0 spiro atoms. The van der Waals surface area contributed by atoms with Gasteiger partial charge in [0.15, 0.2) is 0 Å². The largest absolute Gasteiger partial charge is 0.477 e. The molecule has 0 fully saturated rings. The lowest BCUT2D eigenvalue weighted by Gasteiger charge is -2.09. The zero-order valence-corrected chi connectivity index (χ0v) is 11.2. The van der Waals surface area contributed by atoms with Crippen LogP contribution < -0.4 is 11.1 Å². The number of carbonyl (C=O) groups excluding carboxylic acids is 1. The Morgan fingerprint density at radius 2 is 2.22 bits per heavy atom. The van der Waals surface area contributed by atoms with Crippen LogP contribution in [0.1, 0.15) is 40.1 Å². The molecule has 1 aromatic heterocycles. The summed E-state index contributed by atoms with van der Waals surface area (Å²) in [5.41, 5.74) is 6.12. The Kier molecular flexibility index (Phi) is 5.24. The number of thiazole rings is 1. The highest BCUT2D eigenvalue weighted by Gasteiger charge is 2.16. The molecule has 0 aliphatic heterocycles. The van der Waals surface area contributed by atoms with E-state index in [0.29, 0.717) is 17.1 Å². The van der Waals surface area contributed by atoms with Crippen LogP contribution >= 0.6 is 11.3 Å². The van der Waals surface area contributed by atoms with Crippen molar-refractivity contribution in [3.63, 3.8) is 0 Å². The number of hydrogen-bond acceptors (Lipinski definition) is 5. The van der Waals surface area contributed by atoms with E-state index >= 15 is 0 Å². The van der Waals surface area contributed by atoms with Crippen molar-refractivity contribution in [1.29, 1.82) is 0 Å². The van der Waals surface area contributed by atoms with Gasteiger partial charge in [0, 0.05) is 0 Å². The Balaban J connectivity index is 2.56. The fourth-order valence-electron chi connectivity index (χ4n) is 1.46. The first-order chi connectivity index (χ1) is 8.45. The van der Waals surface area contributed by atoms with Crippen LogP contribution in [0.15, 0.2) is 0 Å². The lowest BCUT2D eigenvalue weighted by atomic mass is 10.2. The summed E-state index contributed by atoms with van der Waals surface area (Å²) in [5, 5.41) is 12.1. The number of hydrogen-bond donors (Lipinski definition) is 3. The first-order valence-electron chi connectivity index (χ1n) is 5.68. The number of amides is 1. The van der Waals surface area contributed by atoms with Crippen molar-refractivity contribution in [3.05, 3.63) is 15.6 Å². The van der Waals surface area contributed by atoms with Gasteiger partial charge in [-0.3, -0.25) is 4.79 Å². The monoisotopic (exact) mass is 271 g/mol. The predicted octanol–water partition coefficient (Wildman–Crippen LogP) is 0.893. The van der Waals surface area contributed by atoms with E-state index in [-0.39, 0.29) is 17.3 Å². The Morgan fingerprint density at radius 1 is 1.56 bits per heavy atom. The third kappa shape index (κ3) is 3.78. The van der Waals surface area contributed by atoms with Gasteiger partial charge in [-0.05, 0) is 13.3 Å². The Labute approximate surface area is 109 Å². The van der Waals surface area contributed by atoms with Crippen molar-refractivity contribution >= 4 is 23.2 Å². The zero-order valence-electron chi connectivity index (χ0n) is 10.4. The van der Waals surface area contributed by atoms with E-state index < -0.39 is 12.0 Å². The summed E-state index contributed by atoms with van der Waals surface area (Å²) in [6, 6.07) is -0.519. The molecule has 0 unspecified atom stereocenters. The molecule has 7 heteroatoms. The number of aromatic carboxylic acids is 1. The molecule has 0 saturated heterocycles. The smallest absolute Gasteiger partial charge is 0.347 e. The van der Waals surface area contributed by atoms with Crippen molar-refractivity contribution < 1.29 is 14.7 Å². The molecule has 1 atom stereocenters. The molecule has 1 rings (SSSR count). The van der Waals surface area contributed by atoms with E-state index in [2.05, 4.69) is 10.3 Å². The van der Waals surface area contributed by atoms with E-state index in [1.54, 1.807) is 6.92 Å². The number of aromatic nitrogens is 1. The van der Waals surface area contributed by atoms with Crippen LogP contribution in [0, 0.1) is 6.92 Å². The van der Waals surface area contributed by atoms with Crippen molar-refractivity contribution in [1.82, 2.24) is 10.3 Å². The van der Waals surface area contributed by atoms with Crippen molar-refractivity contribution in [3.8, 4) is 0 Å². The highest BCUT2D eigenvalue weighted by atomic mass is 32.1. The Hall–Kier alpha value is -1.47. The van der Waals surface area contributed by atoms with Gasteiger partial charge in [0.05, 0.1) is 18.3 Å². The number of nitrogens with two attached hydrogens (primary N) is 1. The van der Waals surface area contributed by atoms with E-state index in [0.717, 1.165) is 17.8 Å². The molecule has 18 heavy (non-hydrogen) atoms. The normalized spacial score (nSPS) is 12.2. The second kappa shape index (κ2) is 6.46. The minimum atomic E-state index is -0.995. The van der Waals surface area contributed by atoms with Crippen molar-refractivity contribution in [2.24, 2.45) is 5.73 Å². The molecular weight excluding hydrogens is 254 g/mol. The van der Waals surface area contributed by atoms with Crippen molar-refractivity contribution in [2.45, 2.75) is 39.3 Å². The third-order valence-electron chi connectivity index (χ3n) is 2.39. The molecule has 0 aromatic carbocycles. The molecule has 0 aliphatic carbocycles. The fourth-order valence-corrected chi connectivity index (χ4v) is 2.31. The maximum Gasteiger partial charge on any atom is 0.347 e. The molecule has 4 N–H and O–H groups in total. The molecule has 6 nitrogen and oxygen atoms in total. The molecular formula is C11H17N3O3S. The standard InChI is InChI=1S/C11H17N3O3S/c1-3-4-7(12)10(15)13-5-8-14-6(2)9(18-8)11(16)17/h7H,3-5,12H2,1-2H3,(H,13,15)(H,16,17)/t7-/m1/s1. The lowest BCUT2D eigenvalue weighted by molar-refractivity contribution is -0.122. The van der Waals surface area contributed by atoms with Gasteiger partial charge < -0.3 is 16.2 Å². The summed E-state index contributed by atoms with van der Waals surface area (Å²) in [6.45, 7) is 3.81. The maximum atomic E-state index is 11.6. The van der Waals surface area contributed by atoms with Gasteiger partial charge in [0.25, 0.3) is 0 Å². The number of aryl methyl sites for hydroxylation is 1. The quantitative estimate of drug-likeness (QED) is 0.712. The molecule has 100 valence electrons. The molecule has 1 heterocycles. The maximum absolute atomic E-state index is 11.6. The van der Waals surface area contributed by atoms with Crippen LogP contribution in [-0.4, -0.2) is 28.0 Å². The van der Waals surface area contributed by atoms with Crippen LogP contribution in [0.5, 0.6) is 0 Å². The van der Waals surface area contributed by atoms with Crippen LogP contribution in [0.2, 0.25) is 0 Å². The van der Waals surface area contributed by atoms with E-state index in [4.69, 9.17) is 10.8 Å². The summed E-state index contributed by atoms with van der Waals surface area (Å²) >= 11 is 1.07. The molecule has 0 saturated carbocycles. The number of carbonyl (C=O) groups is 2. The van der Waals surface area contributed by atoms with Gasteiger partial charge >= 0.3 is 5.97 Å². The summed E-state index contributed by atoms with van der Waals surface area (Å²) in [6.07, 6.45) is 1.47. The van der Waals surface area contributed by atoms with Gasteiger partial charge in [-0.25, -0.2) is 9.78 Å². The van der Waals surface area contributed by atoms with Gasteiger partial charge in [0.1, 0.15) is 9.88 Å². The van der Waals surface area contributed by atoms with E-state index in [1.807, 2.05) is 6.92 Å². The van der Waals surface area contributed by atoms with E-state index in [1.165, 1.54) is 0 Å². The average Bonchev–Trinajstić information content (AvgIpc) is 2.68. The summed E-state index contributed by atoms with van der Waals surface area (Å²) in [7, 11) is 0.